The highest BCUT2D eigenvalue weighted by Gasteiger charge is 2.33. The molecule has 0 aliphatic heterocycles. The number of pyridine rings is 1. The van der Waals surface area contributed by atoms with Crippen LogP contribution in [0.15, 0.2) is 12.1 Å². The minimum absolute atomic E-state index is 0.00293. The Morgan fingerprint density at radius 2 is 1.89 bits per heavy atom. The minimum atomic E-state index is -4.56. The molecule has 0 saturated carbocycles. The van der Waals surface area contributed by atoms with Crippen LogP contribution in [0.3, 0.4) is 0 Å². The van der Waals surface area contributed by atoms with Gasteiger partial charge in [0.25, 0.3) is 0 Å². The second-order valence-corrected chi connectivity index (χ2v) is 3.61. The van der Waals surface area contributed by atoms with Gasteiger partial charge >= 0.3 is 6.18 Å². The zero-order valence-corrected chi connectivity index (χ0v) is 9.41. The molecule has 1 aromatic rings. The zero-order valence-electron chi connectivity index (χ0n) is 9.41. The van der Waals surface area contributed by atoms with Gasteiger partial charge in [-0.15, -0.1) is 0 Å². The average molecular weight is 265 g/mol. The van der Waals surface area contributed by atoms with E-state index in [-0.39, 0.29) is 12.4 Å². The van der Waals surface area contributed by atoms with E-state index in [0.29, 0.717) is 5.56 Å². The summed E-state index contributed by atoms with van der Waals surface area (Å²) in [5, 5.41) is 20.3. The van der Waals surface area contributed by atoms with Gasteiger partial charge in [0.2, 0.25) is 0 Å². The van der Waals surface area contributed by atoms with Gasteiger partial charge in [0.15, 0.2) is 0 Å². The number of anilines is 1. The molecule has 0 unspecified atom stereocenters. The highest BCUT2D eigenvalue weighted by Crippen LogP contribution is 2.29. The Labute approximate surface area is 101 Å². The van der Waals surface area contributed by atoms with Crippen LogP contribution in [0.4, 0.5) is 19.0 Å². The first-order valence-electron chi connectivity index (χ1n) is 5.17. The molecule has 0 radical (unpaired) electrons. The third-order valence-corrected chi connectivity index (χ3v) is 2.27. The molecule has 0 saturated heterocycles. The molecule has 0 atom stereocenters. The van der Waals surface area contributed by atoms with E-state index in [1.807, 2.05) is 0 Å². The van der Waals surface area contributed by atoms with Crippen LogP contribution < -0.4 is 11.1 Å². The molecular formula is C10H14F3N3O2. The second kappa shape index (κ2) is 5.98. The molecule has 102 valence electrons. The maximum atomic E-state index is 12.5. The minimum Gasteiger partial charge on any atom is -0.394 e. The summed E-state index contributed by atoms with van der Waals surface area (Å²) < 4.78 is 37.5. The SMILES string of the molecule is NCc1ccc(C(F)(F)F)nc1NC(CO)CO. The molecular weight excluding hydrogens is 251 g/mol. The Morgan fingerprint density at radius 1 is 1.28 bits per heavy atom. The number of rotatable bonds is 5. The molecule has 0 amide bonds. The predicted octanol–water partition coefficient (Wildman–Crippen LogP) is 0.324. The summed E-state index contributed by atoms with van der Waals surface area (Å²) in [4.78, 5) is 3.41. The van der Waals surface area contributed by atoms with E-state index >= 15 is 0 Å². The number of aliphatic hydroxyl groups is 2. The topological polar surface area (TPSA) is 91.4 Å². The first-order valence-corrected chi connectivity index (χ1v) is 5.17. The van der Waals surface area contributed by atoms with Crippen LogP contribution in [0, 0.1) is 0 Å². The predicted molar refractivity (Wildman–Crippen MR) is 58.7 cm³/mol. The second-order valence-electron chi connectivity index (χ2n) is 3.61. The largest absolute Gasteiger partial charge is 0.433 e. The van der Waals surface area contributed by atoms with Gasteiger partial charge in [0.1, 0.15) is 11.5 Å². The van der Waals surface area contributed by atoms with Crippen molar-refractivity contribution in [2.24, 2.45) is 5.73 Å². The molecule has 18 heavy (non-hydrogen) atoms. The third-order valence-electron chi connectivity index (χ3n) is 2.27. The number of nitrogens with one attached hydrogen (secondary N) is 1. The van der Waals surface area contributed by atoms with Crippen LogP contribution in [0.5, 0.6) is 0 Å². The van der Waals surface area contributed by atoms with Gasteiger partial charge < -0.3 is 21.3 Å². The van der Waals surface area contributed by atoms with Crippen LogP contribution in [-0.4, -0.2) is 34.5 Å². The summed E-state index contributed by atoms with van der Waals surface area (Å²) in [5.41, 5.74) is 4.69. The summed E-state index contributed by atoms with van der Waals surface area (Å²) in [6, 6.07) is 1.26. The first-order chi connectivity index (χ1) is 8.42. The summed E-state index contributed by atoms with van der Waals surface area (Å²) >= 11 is 0. The molecule has 0 aliphatic rings. The van der Waals surface area contributed by atoms with Gasteiger partial charge in [0, 0.05) is 12.1 Å². The highest BCUT2D eigenvalue weighted by atomic mass is 19.4. The fourth-order valence-corrected chi connectivity index (χ4v) is 1.28. The highest BCUT2D eigenvalue weighted by molar-refractivity contribution is 5.46. The maximum Gasteiger partial charge on any atom is 0.433 e. The van der Waals surface area contributed by atoms with Crippen molar-refractivity contribution in [3.63, 3.8) is 0 Å². The van der Waals surface area contributed by atoms with Crippen molar-refractivity contribution in [2.75, 3.05) is 18.5 Å². The molecule has 1 rings (SSSR count). The van der Waals surface area contributed by atoms with Crippen molar-refractivity contribution in [3.8, 4) is 0 Å². The number of hydrogen-bond acceptors (Lipinski definition) is 5. The molecule has 0 spiro atoms. The van der Waals surface area contributed by atoms with Crippen LogP contribution in [0.2, 0.25) is 0 Å². The molecule has 1 aromatic heterocycles. The fourth-order valence-electron chi connectivity index (χ4n) is 1.28. The normalized spacial score (nSPS) is 11.9. The lowest BCUT2D eigenvalue weighted by Gasteiger charge is -2.18. The molecule has 0 aromatic carbocycles. The Balaban J connectivity index is 3.06. The van der Waals surface area contributed by atoms with E-state index in [2.05, 4.69) is 10.3 Å². The van der Waals surface area contributed by atoms with Gasteiger partial charge in [-0.2, -0.15) is 13.2 Å². The van der Waals surface area contributed by atoms with E-state index in [1.165, 1.54) is 6.07 Å². The lowest BCUT2D eigenvalue weighted by molar-refractivity contribution is -0.141. The Bertz CT molecular complexity index is 394. The molecule has 5 N–H and O–H groups in total. The number of nitrogens with two attached hydrogens (primary N) is 1. The van der Waals surface area contributed by atoms with E-state index in [1.54, 1.807) is 0 Å². The number of halogens is 3. The maximum absolute atomic E-state index is 12.5. The zero-order chi connectivity index (χ0) is 13.8. The molecule has 8 heteroatoms. The fraction of sp³-hybridized carbons (Fsp3) is 0.500. The van der Waals surface area contributed by atoms with Gasteiger partial charge in [-0.05, 0) is 6.07 Å². The quantitative estimate of drug-likeness (QED) is 0.615. The summed E-state index contributed by atoms with van der Waals surface area (Å²) in [6.45, 7) is -0.867. The van der Waals surface area contributed by atoms with Crippen molar-refractivity contribution >= 4 is 5.82 Å². The van der Waals surface area contributed by atoms with Gasteiger partial charge in [-0.1, -0.05) is 6.07 Å². The van der Waals surface area contributed by atoms with E-state index < -0.39 is 31.1 Å². The average Bonchev–Trinajstić information content (AvgIpc) is 2.34. The van der Waals surface area contributed by atoms with Gasteiger partial charge in [-0.25, -0.2) is 4.98 Å². The molecule has 0 fully saturated rings. The Hall–Kier alpha value is -1.38. The Kier molecular flexibility index (Phi) is 4.88. The summed E-state index contributed by atoms with van der Waals surface area (Å²) in [6.07, 6.45) is -4.56. The number of aliphatic hydroxyl groups excluding tert-OH is 2. The number of hydrogen-bond donors (Lipinski definition) is 4. The summed E-state index contributed by atoms with van der Waals surface area (Å²) in [7, 11) is 0. The van der Waals surface area contributed by atoms with Gasteiger partial charge in [-0.3, -0.25) is 0 Å². The van der Waals surface area contributed by atoms with Crippen molar-refractivity contribution < 1.29 is 23.4 Å². The third kappa shape index (κ3) is 3.56. The van der Waals surface area contributed by atoms with Crippen molar-refractivity contribution in [2.45, 2.75) is 18.8 Å². The van der Waals surface area contributed by atoms with Crippen molar-refractivity contribution in [1.82, 2.24) is 4.98 Å². The van der Waals surface area contributed by atoms with Crippen molar-refractivity contribution in [3.05, 3.63) is 23.4 Å². The first kappa shape index (κ1) is 14.7. The van der Waals surface area contributed by atoms with Crippen LogP contribution in [0.1, 0.15) is 11.3 Å². The van der Waals surface area contributed by atoms with E-state index in [4.69, 9.17) is 15.9 Å². The molecule has 1 heterocycles. The smallest absolute Gasteiger partial charge is 0.394 e. The Morgan fingerprint density at radius 3 is 2.33 bits per heavy atom. The monoisotopic (exact) mass is 265 g/mol. The van der Waals surface area contributed by atoms with Crippen LogP contribution >= 0.6 is 0 Å². The van der Waals surface area contributed by atoms with E-state index in [9.17, 15) is 13.2 Å². The lowest BCUT2D eigenvalue weighted by Crippen LogP contribution is -2.29. The number of alkyl halides is 3. The summed E-state index contributed by atoms with van der Waals surface area (Å²) in [5.74, 6) is -0.0829. The molecule has 0 bridgehead atoms. The number of aromatic nitrogens is 1. The van der Waals surface area contributed by atoms with Crippen molar-refractivity contribution in [1.29, 1.82) is 0 Å². The van der Waals surface area contributed by atoms with Crippen LogP contribution in [-0.2, 0) is 12.7 Å². The molecule has 0 aliphatic carbocycles. The van der Waals surface area contributed by atoms with E-state index in [0.717, 1.165) is 6.07 Å². The van der Waals surface area contributed by atoms with Crippen LogP contribution in [0.25, 0.3) is 0 Å². The standard InChI is InChI=1S/C10H14F3N3O2/c11-10(12,13)8-2-1-6(3-14)9(16-8)15-7(4-17)5-18/h1-2,7,17-18H,3-5,14H2,(H,15,16). The lowest BCUT2D eigenvalue weighted by atomic mass is 10.2. The number of nitrogens with zero attached hydrogens (tertiary/aromatic N) is 1. The van der Waals surface area contributed by atoms with Gasteiger partial charge in [0.05, 0.1) is 19.3 Å². The molecule has 5 nitrogen and oxygen atoms in total.